The average molecular weight is 294 g/mol. The quantitative estimate of drug-likeness (QED) is 0.780. The van der Waals surface area contributed by atoms with E-state index in [2.05, 4.69) is 41.9 Å². The fourth-order valence-corrected chi connectivity index (χ4v) is 2.74. The lowest BCUT2D eigenvalue weighted by molar-refractivity contribution is 0.306. The number of fused-ring (bicyclic) bond motifs is 1. The van der Waals surface area contributed by atoms with E-state index >= 15 is 0 Å². The first-order valence-corrected chi connectivity index (χ1v) is 7.64. The summed E-state index contributed by atoms with van der Waals surface area (Å²) in [7, 11) is 2.09. The van der Waals surface area contributed by atoms with Crippen LogP contribution >= 0.6 is 0 Å². The molecule has 0 aliphatic rings. The highest BCUT2D eigenvalue weighted by Crippen LogP contribution is 2.25. The molecule has 3 heteroatoms. The first-order chi connectivity index (χ1) is 10.6. The van der Waals surface area contributed by atoms with Crippen molar-refractivity contribution in [2.45, 2.75) is 26.0 Å². The van der Waals surface area contributed by atoms with Gasteiger partial charge < -0.3 is 15.0 Å². The molecule has 0 aliphatic heterocycles. The van der Waals surface area contributed by atoms with Crippen molar-refractivity contribution in [2.75, 3.05) is 0 Å². The Balaban J connectivity index is 1.80. The molecule has 22 heavy (non-hydrogen) atoms. The number of ether oxygens (including phenoxy) is 1. The SMILES string of the molecule is CC(N)Cc1cc2cc(OCc3ccccc3)ccc2n1C. The molecule has 0 radical (unpaired) electrons. The van der Waals surface area contributed by atoms with Crippen LogP contribution in [0.15, 0.2) is 54.6 Å². The monoisotopic (exact) mass is 294 g/mol. The molecule has 0 spiro atoms. The molecule has 114 valence electrons. The highest BCUT2D eigenvalue weighted by atomic mass is 16.5. The Morgan fingerprint density at radius 3 is 2.59 bits per heavy atom. The van der Waals surface area contributed by atoms with E-state index in [-0.39, 0.29) is 6.04 Å². The topological polar surface area (TPSA) is 40.2 Å². The predicted octanol–water partition coefficient (Wildman–Crippen LogP) is 3.65. The molecule has 2 aromatic carbocycles. The van der Waals surface area contributed by atoms with Crippen LogP contribution in [-0.4, -0.2) is 10.6 Å². The summed E-state index contributed by atoms with van der Waals surface area (Å²) in [4.78, 5) is 0. The van der Waals surface area contributed by atoms with E-state index in [9.17, 15) is 0 Å². The molecule has 1 heterocycles. The van der Waals surface area contributed by atoms with Gasteiger partial charge in [0.05, 0.1) is 0 Å². The van der Waals surface area contributed by atoms with E-state index in [0.29, 0.717) is 6.61 Å². The third-order valence-corrected chi connectivity index (χ3v) is 3.89. The fourth-order valence-electron chi connectivity index (χ4n) is 2.74. The van der Waals surface area contributed by atoms with Gasteiger partial charge in [-0.05, 0) is 36.8 Å². The third kappa shape index (κ3) is 3.15. The van der Waals surface area contributed by atoms with Gasteiger partial charge in [0.25, 0.3) is 0 Å². The number of aromatic nitrogens is 1. The van der Waals surface area contributed by atoms with Crippen LogP contribution in [0.1, 0.15) is 18.2 Å². The molecular formula is C19H22N2O. The summed E-state index contributed by atoms with van der Waals surface area (Å²) in [6.45, 7) is 2.62. The van der Waals surface area contributed by atoms with Gasteiger partial charge in [0, 0.05) is 36.1 Å². The van der Waals surface area contributed by atoms with Crippen LogP contribution in [0.2, 0.25) is 0 Å². The maximum atomic E-state index is 5.92. The van der Waals surface area contributed by atoms with Gasteiger partial charge in [-0.1, -0.05) is 30.3 Å². The molecular weight excluding hydrogens is 272 g/mol. The minimum Gasteiger partial charge on any atom is -0.489 e. The van der Waals surface area contributed by atoms with Crippen molar-refractivity contribution in [3.8, 4) is 5.75 Å². The average Bonchev–Trinajstić information content (AvgIpc) is 2.81. The number of hydrogen-bond donors (Lipinski definition) is 1. The summed E-state index contributed by atoms with van der Waals surface area (Å²) in [6.07, 6.45) is 0.880. The molecule has 0 fully saturated rings. The van der Waals surface area contributed by atoms with E-state index in [0.717, 1.165) is 12.2 Å². The van der Waals surface area contributed by atoms with Gasteiger partial charge in [-0.2, -0.15) is 0 Å². The zero-order valence-corrected chi connectivity index (χ0v) is 13.1. The molecule has 2 N–H and O–H groups in total. The van der Waals surface area contributed by atoms with Crippen LogP contribution in [0.3, 0.4) is 0 Å². The van der Waals surface area contributed by atoms with Crippen molar-refractivity contribution in [3.05, 3.63) is 65.9 Å². The number of rotatable bonds is 5. The summed E-state index contributed by atoms with van der Waals surface area (Å²) < 4.78 is 8.10. The molecule has 3 aromatic rings. The van der Waals surface area contributed by atoms with E-state index in [1.165, 1.54) is 22.2 Å². The van der Waals surface area contributed by atoms with Crippen LogP contribution in [0.25, 0.3) is 10.9 Å². The Morgan fingerprint density at radius 2 is 1.86 bits per heavy atom. The Bertz CT molecular complexity index is 760. The zero-order valence-electron chi connectivity index (χ0n) is 13.1. The van der Waals surface area contributed by atoms with Gasteiger partial charge >= 0.3 is 0 Å². The summed E-state index contributed by atoms with van der Waals surface area (Å²) in [5.41, 5.74) is 9.56. The van der Waals surface area contributed by atoms with Crippen molar-refractivity contribution in [2.24, 2.45) is 12.8 Å². The maximum Gasteiger partial charge on any atom is 0.120 e. The first-order valence-electron chi connectivity index (χ1n) is 7.64. The zero-order chi connectivity index (χ0) is 15.5. The number of nitrogens with zero attached hydrogens (tertiary/aromatic N) is 1. The summed E-state index contributed by atoms with van der Waals surface area (Å²) in [5.74, 6) is 0.898. The van der Waals surface area contributed by atoms with Gasteiger partial charge in [0.2, 0.25) is 0 Å². The molecule has 0 saturated heterocycles. The van der Waals surface area contributed by atoms with Crippen LogP contribution in [0, 0.1) is 0 Å². The van der Waals surface area contributed by atoms with Crippen molar-refractivity contribution in [1.29, 1.82) is 0 Å². The molecule has 1 aromatic heterocycles. The molecule has 3 nitrogen and oxygen atoms in total. The summed E-state index contributed by atoms with van der Waals surface area (Å²) in [5, 5.41) is 1.20. The van der Waals surface area contributed by atoms with E-state index < -0.39 is 0 Å². The highest BCUT2D eigenvalue weighted by Gasteiger charge is 2.08. The molecule has 0 amide bonds. The third-order valence-electron chi connectivity index (χ3n) is 3.89. The van der Waals surface area contributed by atoms with Crippen LogP contribution < -0.4 is 10.5 Å². The van der Waals surface area contributed by atoms with E-state index in [4.69, 9.17) is 10.5 Å². The lowest BCUT2D eigenvalue weighted by atomic mass is 10.2. The minimum atomic E-state index is 0.164. The van der Waals surface area contributed by atoms with Crippen molar-refractivity contribution in [1.82, 2.24) is 4.57 Å². The highest BCUT2D eigenvalue weighted by molar-refractivity contribution is 5.82. The van der Waals surface area contributed by atoms with Crippen molar-refractivity contribution >= 4 is 10.9 Å². The Kier molecular flexibility index (Phi) is 4.16. The van der Waals surface area contributed by atoms with Crippen molar-refractivity contribution < 1.29 is 4.74 Å². The normalized spacial score (nSPS) is 12.5. The van der Waals surface area contributed by atoms with Gasteiger partial charge in [-0.3, -0.25) is 0 Å². The number of hydrogen-bond acceptors (Lipinski definition) is 2. The fraction of sp³-hybridized carbons (Fsp3) is 0.263. The van der Waals surface area contributed by atoms with Crippen molar-refractivity contribution in [3.63, 3.8) is 0 Å². The number of benzene rings is 2. The number of aryl methyl sites for hydroxylation is 1. The van der Waals surface area contributed by atoms with E-state index in [1.54, 1.807) is 0 Å². The van der Waals surface area contributed by atoms with Gasteiger partial charge in [-0.25, -0.2) is 0 Å². The van der Waals surface area contributed by atoms with Crippen LogP contribution in [0.4, 0.5) is 0 Å². The second-order valence-corrected chi connectivity index (χ2v) is 5.87. The van der Waals surface area contributed by atoms with E-state index in [1.807, 2.05) is 31.2 Å². The van der Waals surface area contributed by atoms with Crippen LogP contribution in [-0.2, 0) is 20.1 Å². The predicted molar refractivity (Wildman–Crippen MR) is 91.0 cm³/mol. The Morgan fingerprint density at radius 1 is 1.09 bits per heavy atom. The lowest BCUT2D eigenvalue weighted by Crippen LogP contribution is -2.19. The molecule has 1 unspecified atom stereocenters. The minimum absolute atomic E-state index is 0.164. The Hall–Kier alpha value is -2.26. The van der Waals surface area contributed by atoms with Gasteiger partial charge in [0.1, 0.15) is 12.4 Å². The molecule has 1 atom stereocenters. The largest absolute Gasteiger partial charge is 0.489 e. The Labute approximate surface area is 131 Å². The first kappa shape index (κ1) is 14.7. The summed E-state index contributed by atoms with van der Waals surface area (Å²) >= 11 is 0. The molecule has 0 saturated carbocycles. The second-order valence-electron chi connectivity index (χ2n) is 5.87. The molecule has 3 rings (SSSR count). The summed E-state index contributed by atoms with van der Waals surface area (Å²) in [6, 6.07) is 18.8. The second kappa shape index (κ2) is 6.24. The lowest BCUT2D eigenvalue weighted by Gasteiger charge is -2.08. The molecule has 0 bridgehead atoms. The molecule has 0 aliphatic carbocycles. The maximum absolute atomic E-state index is 5.92. The standard InChI is InChI=1S/C19H22N2O/c1-14(20)10-17-11-16-12-18(8-9-19(16)21(17)2)22-13-15-6-4-3-5-7-15/h3-9,11-12,14H,10,13,20H2,1-2H3. The van der Waals surface area contributed by atoms with Crippen LogP contribution in [0.5, 0.6) is 5.75 Å². The van der Waals surface area contributed by atoms with Gasteiger partial charge in [0.15, 0.2) is 0 Å². The van der Waals surface area contributed by atoms with Gasteiger partial charge in [-0.15, -0.1) is 0 Å². The smallest absolute Gasteiger partial charge is 0.120 e. The number of nitrogens with two attached hydrogens (primary N) is 1.